The van der Waals surface area contributed by atoms with Crippen LogP contribution in [-0.4, -0.2) is 36.5 Å². The average Bonchev–Trinajstić information content (AvgIpc) is 3.06. The highest BCUT2D eigenvalue weighted by molar-refractivity contribution is 6.44. The van der Waals surface area contributed by atoms with Crippen molar-refractivity contribution in [2.24, 2.45) is 0 Å². The quantitative estimate of drug-likeness (QED) is 0.584. The van der Waals surface area contributed by atoms with Crippen LogP contribution >= 0.6 is 0 Å². The molecule has 0 saturated carbocycles. The minimum atomic E-state index is -5.10. The first kappa shape index (κ1) is 21.2. The van der Waals surface area contributed by atoms with Crippen molar-refractivity contribution in [1.29, 1.82) is 0 Å². The van der Waals surface area contributed by atoms with Crippen LogP contribution < -0.4 is 15.5 Å². The Bertz CT molecular complexity index is 1010. The largest absolute Gasteiger partial charge is 0.471 e. The van der Waals surface area contributed by atoms with Gasteiger partial charge >= 0.3 is 23.9 Å². The number of rotatable bonds is 3. The average molecular weight is 427 g/mol. The Morgan fingerprint density at radius 2 is 1.73 bits per heavy atom. The standard InChI is InChI=1S/C19H14F5N3O3/c20-12-5-3-6-13(15(12)21)26-16(28)17(29)27-11(9-25-18(30)19(22,23)24)8-10-4-1-2-7-14(10)27/h1-7,11H,8-9H2,(H,25,30)(H,26,28). The lowest BCUT2D eigenvalue weighted by atomic mass is 10.1. The molecule has 30 heavy (non-hydrogen) atoms. The summed E-state index contributed by atoms with van der Waals surface area (Å²) in [6, 6.07) is 8.30. The zero-order valence-electron chi connectivity index (χ0n) is 15.1. The van der Waals surface area contributed by atoms with Crippen molar-refractivity contribution in [3.63, 3.8) is 0 Å². The Hall–Kier alpha value is -3.50. The third kappa shape index (κ3) is 4.24. The first-order valence-corrected chi connectivity index (χ1v) is 8.61. The maximum absolute atomic E-state index is 13.8. The van der Waals surface area contributed by atoms with E-state index in [1.54, 1.807) is 23.5 Å². The van der Waals surface area contributed by atoms with Gasteiger partial charge in [-0.3, -0.25) is 19.3 Å². The third-order valence-corrected chi connectivity index (χ3v) is 4.44. The van der Waals surface area contributed by atoms with Gasteiger partial charge in [0.15, 0.2) is 11.6 Å². The van der Waals surface area contributed by atoms with Crippen LogP contribution in [0.3, 0.4) is 0 Å². The molecule has 1 atom stereocenters. The predicted molar refractivity (Wildman–Crippen MR) is 95.5 cm³/mol. The number of alkyl halides is 3. The van der Waals surface area contributed by atoms with E-state index in [1.807, 2.05) is 5.32 Å². The highest BCUT2D eigenvalue weighted by Gasteiger charge is 2.41. The fourth-order valence-electron chi connectivity index (χ4n) is 3.10. The molecule has 0 radical (unpaired) electrons. The van der Waals surface area contributed by atoms with Gasteiger partial charge in [0.1, 0.15) is 0 Å². The van der Waals surface area contributed by atoms with Gasteiger partial charge in [-0.1, -0.05) is 24.3 Å². The maximum Gasteiger partial charge on any atom is 0.471 e. The second-order valence-electron chi connectivity index (χ2n) is 6.43. The lowest BCUT2D eigenvalue weighted by Crippen LogP contribution is -2.50. The second kappa shape index (κ2) is 8.09. The number of hydrogen-bond donors (Lipinski definition) is 2. The number of carbonyl (C=O) groups excluding carboxylic acids is 3. The summed E-state index contributed by atoms with van der Waals surface area (Å²) in [5, 5.41) is 3.65. The van der Waals surface area contributed by atoms with Crippen LogP contribution in [0, 0.1) is 11.6 Å². The Morgan fingerprint density at radius 1 is 1.03 bits per heavy atom. The molecule has 2 aromatic rings. The van der Waals surface area contributed by atoms with Crippen LogP contribution in [0.15, 0.2) is 42.5 Å². The smallest absolute Gasteiger partial charge is 0.346 e. The summed E-state index contributed by atoms with van der Waals surface area (Å²) in [6.45, 7) is -0.569. The van der Waals surface area contributed by atoms with Gasteiger partial charge in [-0.2, -0.15) is 13.2 Å². The molecule has 1 unspecified atom stereocenters. The Morgan fingerprint density at radius 3 is 2.43 bits per heavy atom. The molecular formula is C19H14F5N3O3. The zero-order chi connectivity index (χ0) is 22.1. The van der Waals surface area contributed by atoms with Crippen molar-refractivity contribution in [2.75, 3.05) is 16.8 Å². The number of hydrogen-bond acceptors (Lipinski definition) is 3. The number of carbonyl (C=O) groups is 3. The number of para-hydroxylation sites is 1. The molecule has 0 aliphatic carbocycles. The fraction of sp³-hybridized carbons (Fsp3) is 0.211. The molecule has 2 aromatic carbocycles. The normalized spacial score (nSPS) is 15.5. The van der Waals surface area contributed by atoms with E-state index >= 15 is 0 Å². The SMILES string of the molecule is O=C(Nc1cccc(F)c1F)C(=O)N1c2ccccc2CC1CNC(=O)C(F)(F)F. The van der Waals surface area contributed by atoms with E-state index in [-0.39, 0.29) is 12.1 Å². The van der Waals surface area contributed by atoms with Crippen molar-refractivity contribution in [3.05, 3.63) is 59.7 Å². The van der Waals surface area contributed by atoms with E-state index in [4.69, 9.17) is 0 Å². The Labute approximate surface area is 166 Å². The molecule has 1 aliphatic heterocycles. The van der Waals surface area contributed by atoms with Crippen LogP contribution in [0.2, 0.25) is 0 Å². The molecule has 1 heterocycles. The number of nitrogens with one attached hydrogen (secondary N) is 2. The molecule has 1 aliphatic rings. The van der Waals surface area contributed by atoms with E-state index in [0.29, 0.717) is 5.56 Å². The first-order chi connectivity index (χ1) is 14.1. The third-order valence-electron chi connectivity index (χ3n) is 4.44. The molecule has 0 bridgehead atoms. The molecule has 0 fully saturated rings. The van der Waals surface area contributed by atoms with Crippen LogP contribution in [-0.2, 0) is 20.8 Å². The van der Waals surface area contributed by atoms with Crippen molar-refractivity contribution in [3.8, 4) is 0 Å². The van der Waals surface area contributed by atoms with Crippen molar-refractivity contribution < 1.29 is 36.3 Å². The van der Waals surface area contributed by atoms with E-state index in [1.165, 1.54) is 6.07 Å². The molecule has 0 saturated heterocycles. The number of fused-ring (bicyclic) bond motifs is 1. The number of benzene rings is 2. The lowest BCUT2D eigenvalue weighted by molar-refractivity contribution is -0.173. The van der Waals surface area contributed by atoms with Crippen LogP contribution in [0.5, 0.6) is 0 Å². The number of nitrogens with zero attached hydrogens (tertiary/aromatic N) is 1. The van der Waals surface area contributed by atoms with Crippen molar-refractivity contribution in [2.45, 2.75) is 18.6 Å². The predicted octanol–water partition coefficient (Wildman–Crippen LogP) is 2.54. The van der Waals surface area contributed by atoms with Gasteiger partial charge in [0.25, 0.3) is 0 Å². The van der Waals surface area contributed by atoms with E-state index < -0.39 is 53.8 Å². The van der Waals surface area contributed by atoms with Crippen LogP contribution in [0.1, 0.15) is 5.56 Å². The van der Waals surface area contributed by atoms with Crippen molar-refractivity contribution >= 4 is 29.1 Å². The highest BCUT2D eigenvalue weighted by atomic mass is 19.4. The fourth-order valence-corrected chi connectivity index (χ4v) is 3.10. The van der Waals surface area contributed by atoms with Gasteiger partial charge in [-0.05, 0) is 30.2 Å². The molecule has 6 nitrogen and oxygen atoms in total. The summed E-state index contributed by atoms with van der Waals surface area (Å²) in [5.74, 6) is -7.30. The molecular weight excluding hydrogens is 413 g/mol. The van der Waals surface area contributed by atoms with Gasteiger partial charge in [-0.25, -0.2) is 8.78 Å². The summed E-state index contributed by atoms with van der Waals surface area (Å²) in [6.07, 6.45) is -5.02. The van der Waals surface area contributed by atoms with Crippen molar-refractivity contribution in [1.82, 2.24) is 5.32 Å². The molecule has 0 spiro atoms. The maximum atomic E-state index is 13.8. The molecule has 11 heteroatoms. The zero-order valence-corrected chi connectivity index (χ0v) is 15.1. The Balaban J connectivity index is 1.81. The Kier molecular flexibility index (Phi) is 5.72. The summed E-state index contributed by atoms with van der Waals surface area (Å²) < 4.78 is 64.5. The van der Waals surface area contributed by atoms with Gasteiger partial charge in [0, 0.05) is 12.2 Å². The van der Waals surface area contributed by atoms with Gasteiger partial charge in [0.2, 0.25) is 0 Å². The van der Waals surface area contributed by atoms with E-state index in [2.05, 4.69) is 0 Å². The summed E-state index contributed by atoms with van der Waals surface area (Å²) >= 11 is 0. The summed E-state index contributed by atoms with van der Waals surface area (Å²) in [7, 11) is 0. The number of amides is 3. The molecule has 158 valence electrons. The number of halogens is 5. The highest BCUT2D eigenvalue weighted by Crippen LogP contribution is 2.32. The van der Waals surface area contributed by atoms with Crippen LogP contribution in [0.25, 0.3) is 0 Å². The minimum Gasteiger partial charge on any atom is -0.346 e. The van der Waals surface area contributed by atoms with Crippen LogP contribution in [0.4, 0.5) is 33.3 Å². The lowest BCUT2D eigenvalue weighted by Gasteiger charge is -2.25. The summed E-state index contributed by atoms with van der Waals surface area (Å²) in [4.78, 5) is 37.1. The van der Waals surface area contributed by atoms with Gasteiger partial charge in [0.05, 0.1) is 11.7 Å². The molecule has 2 N–H and O–H groups in total. The van der Waals surface area contributed by atoms with E-state index in [9.17, 15) is 36.3 Å². The first-order valence-electron chi connectivity index (χ1n) is 8.61. The summed E-state index contributed by atoms with van der Waals surface area (Å²) in [5.41, 5.74) is 0.272. The van der Waals surface area contributed by atoms with Gasteiger partial charge in [-0.15, -0.1) is 0 Å². The van der Waals surface area contributed by atoms with E-state index in [0.717, 1.165) is 23.1 Å². The monoisotopic (exact) mass is 427 g/mol. The molecule has 3 rings (SSSR count). The second-order valence-corrected chi connectivity index (χ2v) is 6.43. The number of anilines is 2. The molecule has 3 amide bonds. The van der Waals surface area contributed by atoms with Gasteiger partial charge < -0.3 is 10.6 Å². The topological polar surface area (TPSA) is 78.5 Å². The molecule has 0 aromatic heterocycles. The minimum absolute atomic E-state index is 0.0850.